The fourth-order valence-electron chi connectivity index (χ4n) is 4.20. The molecule has 2 atom stereocenters. The quantitative estimate of drug-likeness (QED) is 0.442. The molecule has 0 unspecified atom stereocenters. The van der Waals surface area contributed by atoms with Crippen LogP contribution in [0, 0.1) is 0 Å². The van der Waals surface area contributed by atoms with Gasteiger partial charge in [-0.05, 0) is 67.6 Å². The summed E-state index contributed by atoms with van der Waals surface area (Å²) in [5, 5.41) is 0.828. The van der Waals surface area contributed by atoms with Gasteiger partial charge in [0.1, 0.15) is 0 Å². The third-order valence-corrected chi connectivity index (χ3v) is 6.40. The number of benzene rings is 1. The van der Waals surface area contributed by atoms with Crippen molar-refractivity contribution in [3.05, 3.63) is 71.3 Å². The summed E-state index contributed by atoms with van der Waals surface area (Å²) in [5.74, 6) is 0.540. The molecule has 0 amide bonds. The van der Waals surface area contributed by atoms with Crippen molar-refractivity contribution in [2.24, 2.45) is 0 Å². The van der Waals surface area contributed by atoms with Crippen LogP contribution in [0.2, 0.25) is 5.02 Å². The topological polar surface area (TPSA) is 6.48 Å². The number of piperazine rings is 1. The molecule has 3 rings (SSSR count). The van der Waals surface area contributed by atoms with Crippen molar-refractivity contribution in [3.8, 4) is 0 Å². The fraction of sp³-hybridized carbons (Fsp3) is 0.455. The second-order valence-corrected chi connectivity index (χ2v) is 8.72. The summed E-state index contributed by atoms with van der Waals surface area (Å²) >= 11 is 12.7. The first kappa shape index (κ1) is 19.7. The number of rotatable bonds is 5. The summed E-state index contributed by atoms with van der Waals surface area (Å²) in [4.78, 5) is 2.59. The van der Waals surface area contributed by atoms with E-state index in [2.05, 4.69) is 49.6 Å². The van der Waals surface area contributed by atoms with Crippen molar-refractivity contribution in [2.75, 3.05) is 19.6 Å². The lowest BCUT2D eigenvalue weighted by molar-refractivity contribution is 0.0511. The molecular weight excluding hydrogens is 363 g/mol. The van der Waals surface area contributed by atoms with Crippen LogP contribution in [0.5, 0.6) is 0 Å². The van der Waals surface area contributed by atoms with Crippen molar-refractivity contribution in [1.29, 1.82) is 0 Å². The maximum atomic E-state index is 6.41. The first-order chi connectivity index (χ1) is 12.4. The van der Waals surface area contributed by atoms with E-state index in [0.717, 1.165) is 37.5 Å². The van der Waals surface area contributed by atoms with E-state index in [1.54, 1.807) is 6.08 Å². The Morgan fingerprint density at radius 1 is 1.19 bits per heavy atom. The van der Waals surface area contributed by atoms with E-state index in [9.17, 15) is 0 Å². The number of allylic oxidation sites excluding steroid dienone is 5. The molecule has 26 heavy (non-hydrogen) atoms. The summed E-state index contributed by atoms with van der Waals surface area (Å²) in [6.45, 7) is 11.0. The van der Waals surface area contributed by atoms with Gasteiger partial charge in [0.15, 0.2) is 0 Å². The molecule has 0 aromatic heterocycles. The van der Waals surface area contributed by atoms with E-state index in [4.69, 9.17) is 23.4 Å². The number of halogens is 2. The molecule has 1 fully saturated rings. The van der Waals surface area contributed by atoms with Gasteiger partial charge in [0.05, 0.1) is 0 Å². The minimum Gasteiger partial charge on any atom is -0.293 e. The molecule has 0 spiro atoms. The molecule has 0 bridgehead atoms. The van der Waals surface area contributed by atoms with Gasteiger partial charge in [-0.3, -0.25) is 4.90 Å². The van der Waals surface area contributed by atoms with E-state index in [-0.39, 0.29) is 5.54 Å². The van der Waals surface area contributed by atoms with Crippen LogP contribution in [0.3, 0.4) is 0 Å². The SMILES string of the molecule is C=C/C=C\C=C/C[C@@H]1C[C@@H](N2CCN(Cl)C(C)(C)C2)c2cc(Cl)ccc21. The Bertz CT molecular complexity index is 708. The monoisotopic (exact) mass is 390 g/mol. The highest BCUT2D eigenvalue weighted by atomic mass is 35.5. The minimum atomic E-state index is -0.0218. The van der Waals surface area contributed by atoms with Crippen LogP contribution in [0.4, 0.5) is 0 Å². The fourth-order valence-corrected chi connectivity index (χ4v) is 4.51. The summed E-state index contributed by atoms with van der Waals surface area (Å²) in [7, 11) is 0. The predicted octanol–water partition coefficient (Wildman–Crippen LogP) is 6.11. The first-order valence-corrected chi connectivity index (χ1v) is 10.0. The highest BCUT2D eigenvalue weighted by Crippen LogP contribution is 2.47. The Morgan fingerprint density at radius 2 is 2.00 bits per heavy atom. The molecular formula is C22H28Cl2N2. The summed E-state index contributed by atoms with van der Waals surface area (Å²) in [6, 6.07) is 6.84. The van der Waals surface area contributed by atoms with E-state index in [1.807, 2.05) is 22.6 Å². The number of fused-ring (bicyclic) bond motifs is 1. The molecule has 1 aromatic carbocycles. The molecule has 1 aliphatic heterocycles. The minimum absolute atomic E-state index is 0.0218. The second kappa shape index (κ2) is 8.31. The lowest BCUT2D eigenvalue weighted by atomic mass is 9.97. The van der Waals surface area contributed by atoms with Gasteiger partial charge in [0.2, 0.25) is 0 Å². The van der Waals surface area contributed by atoms with Crippen molar-refractivity contribution < 1.29 is 0 Å². The standard InChI is InChI=1S/C22H28Cl2N2/c1-4-5-6-7-8-9-17-14-21(20-15-18(23)10-11-19(17)20)25-12-13-26(24)22(2,3)16-25/h4-8,10-11,15,17,21H,1,9,12-14,16H2,2-3H3/b6-5-,8-7-/t17-,21-/m1/s1. The average Bonchev–Trinajstić information content (AvgIpc) is 2.95. The predicted molar refractivity (Wildman–Crippen MR) is 113 cm³/mol. The van der Waals surface area contributed by atoms with Crippen LogP contribution in [0.15, 0.2) is 55.2 Å². The van der Waals surface area contributed by atoms with E-state index < -0.39 is 0 Å². The normalized spacial score (nSPS) is 26.6. The zero-order chi connectivity index (χ0) is 18.7. The second-order valence-electron chi connectivity index (χ2n) is 7.87. The van der Waals surface area contributed by atoms with Crippen LogP contribution in [-0.4, -0.2) is 34.5 Å². The molecule has 0 radical (unpaired) electrons. The number of hydrogen-bond donors (Lipinski definition) is 0. The Morgan fingerprint density at radius 3 is 2.73 bits per heavy atom. The first-order valence-electron chi connectivity index (χ1n) is 9.33. The van der Waals surface area contributed by atoms with Gasteiger partial charge < -0.3 is 0 Å². The third kappa shape index (κ3) is 4.26. The van der Waals surface area contributed by atoms with Gasteiger partial charge in [-0.2, -0.15) is 0 Å². The molecule has 1 saturated heterocycles. The van der Waals surface area contributed by atoms with Gasteiger partial charge in [-0.25, -0.2) is 4.42 Å². The van der Waals surface area contributed by atoms with Gasteiger partial charge in [0.25, 0.3) is 0 Å². The van der Waals surface area contributed by atoms with Crippen LogP contribution >= 0.6 is 23.4 Å². The van der Waals surface area contributed by atoms with E-state index in [1.165, 1.54) is 11.1 Å². The Kier molecular flexibility index (Phi) is 6.29. The van der Waals surface area contributed by atoms with Gasteiger partial charge in [-0.15, -0.1) is 0 Å². The van der Waals surface area contributed by atoms with Crippen molar-refractivity contribution >= 4 is 23.4 Å². The van der Waals surface area contributed by atoms with Crippen LogP contribution < -0.4 is 0 Å². The average molecular weight is 391 g/mol. The molecule has 2 aliphatic rings. The Labute approximate surface area is 167 Å². The molecule has 0 N–H and O–H groups in total. The molecule has 1 heterocycles. The van der Waals surface area contributed by atoms with Crippen molar-refractivity contribution in [3.63, 3.8) is 0 Å². The molecule has 2 nitrogen and oxygen atoms in total. The molecule has 1 aromatic rings. The highest BCUT2D eigenvalue weighted by molar-refractivity contribution is 6.30. The van der Waals surface area contributed by atoms with E-state index >= 15 is 0 Å². The van der Waals surface area contributed by atoms with Crippen molar-refractivity contribution in [2.45, 2.75) is 44.2 Å². The summed E-state index contributed by atoms with van der Waals surface area (Å²) in [5.41, 5.74) is 2.82. The summed E-state index contributed by atoms with van der Waals surface area (Å²) in [6.07, 6.45) is 12.3. The zero-order valence-corrected chi connectivity index (χ0v) is 17.2. The third-order valence-electron chi connectivity index (χ3n) is 5.54. The molecule has 1 aliphatic carbocycles. The molecule has 0 saturated carbocycles. The van der Waals surface area contributed by atoms with Gasteiger partial charge in [-0.1, -0.05) is 54.6 Å². The number of hydrogen-bond acceptors (Lipinski definition) is 2. The Hall–Kier alpha value is -1.06. The van der Waals surface area contributed by atoms with Crippen molar-refractivity contribution in [1.82, 2.24) is 9.32 Å². The van der Waals surface area contributed by atoms with Crippen LogP contribution in [-0.2, 0) is 0 Å². The molecule has 4 heteroatoms. The Balaban J connectivity index is 1.80. The summed E-state index contributed by atoms with van der Waals surface area (Å²) < 4.78 is 1.95. The largest absolute Gasteiger partial charge is 0.293 e. The molecule has 140 valence electrons. The lowest BCUT2D eigenvalue weighted by Crippen LogP contribution is -2.56. The van der Waals surface area contributed by atoms with E-state index in [0.29, 0.717) is 12.0 Å². The van der Waals surface area contributed by atoms with Gasteiger partial charge >= 0.3 is 0 Å². The highest BCUT2D eigenvalue weighted by Gasteiger charge is 2.40. The lowest BCUT2D eigenvalue weighted by Gasteiger charge is -2.45. The maximum Gasteiger partial charge on any atom is 0.0433 e. The van der Waals surface area contributed by atoms with Crippen LogP contribution in [0.25, 0.3) is 0 Å². The maximum absolute atomic E-state index is 6.41. The number of nitrogens with zero attached hydrogens (tertiary/aromatic N) is 2. The van der Waals surface area contributed by atoms with Crippen LogP contribution in [0.1, 0.15) is 49.8 Å². The van der Waals surface area contributed by atoms with Gasteiger partial charge in [0, 0.05) is 36.2 Å². The smallest absolute Gasteiger partial charge is 0.0433 e. The zero-order valence-electron chi connectivity index (χ0n) is 15.7.